The highest BCUT2D eigenvalue weighted by molar-refractivity contribution is 5.99. The zero-order valence-corrected chi connectivity index (χ0v) is 15.8. The zero-order chi connectivity index (χ0) is 19.1. The molecule has 0 radical (unpaired) electrons. The van der Waals surface area contributed by atoms with Gasteiger partial charge in [-0.15, -0.1) is 0 Å². The second-order valence-electron chi connectivity index (χ2n) is 7.03. The van der Waals surface area contributed by atoms with Crippen LogP contribution in [0.3, 0.4) is 0 Å². The highest BCUT2D eigenvalue weighted by Crippen LogP contribution is 2.27. The Kier molecular flexibility index (Phi) is 4.29. The molecule has 0 bridgehead atoms. The smallest absolute Gasteiger partial charge is 0.338 e. The second kappa shape index (κ2) is 6.64. The first-order valence-corrected chi connectivity index (χ1v) is 9.22. The first-order valence-electron chi connectivity index (χ1n) is 9.22. The summed E-state index contributed by atoms with van der Waals surface area (Å²) in [4.78, 5) is 31.3. The van der Waals surface area contributed by atoms with E-state index in [0.29, 0.717) is 30.8 Å². The number of rotatable bonds is 3. The molecule has 4 rings (SSSR count). The summed E-state index contributed by atoms with van der Waals surface area (Å²) in [6.07, 6.45) is 6.76. The van der Waals surface area contributed by atoms with E-state index in [9.17, 15) is 9.59 Å². The predicted molar refractivity (Wildman–Crippen MR) is 98.7 cm³/mol. The molecule has 3 aromatic rings. The monoisotopic (exact) mass is 369 g/mol. The lowest BCUT2D eigenvalue weighted by Crippen LogP contribution is -2.38. The van der Waals surface area contributed by atoms with Gasteiger partial charge in [0.15, 0.2) is 5.65 Å². The fourth-order valence-corrected chi connectivity index (χ4v) is 3.75. The fraction of sp³-hybridized carbons (Fsp3) is 0.500. The van der Waals surface area contributed by atoms with Gasteiger partial charge in [-0.25, -0.2) is 19.0 Å². The number of likely N-dealkylation sites (tertiary alicyclic amines) is 1. The number of nitrogens with zero attached hydrogens (tertiary/aromatic N) is 7. The highest BCUT2D eigenvalue weighted by atomic mass is 16.2. The molecule has 0 unspecified atom stereocenters. The zero-order valence-electron chi connectivity index (χ0n) is 15.8. The summed E-state index contributed by atoms with van der Waals surface area (Å²) in [5, 5.41) is 8.66. The third kappa shape index (κ3) is 2.92. The Labute approximate surface area is 156 Å². The van der Waals surface area contributed by atoms with Gasteiger partial charge in [-0.3, -0.25) is 9.36 Å². The van der Waals surface area contributed by atoms with E-state index in [2.05, 4.69) is 15.2 Å². The van der Waals surface area contributed by atoms with Crippen molar-refractivity contribution in [2.24, 2.45) is 7.05 Å². The minimum atomic E-state index is -0.0845. The van der Waals surface area contributed by atoms with Crippen molar-refractivity contribution in [1.82, 2.24) is 33.8 Å². The van der Waals surface area contributed by atoms with Gasteiger partial charge in [-0.2, -0.15) is 10.2 Å². The van der Waals surface area contributed by atoms with Gasteiger partial charge in [0.1, 0.15) is 11.4 Å². The summed E-state index contributed by atoms with van der Waals surface area (Å²) in [7, 11) is 1.68. The SMILES string of the molecule is CCn1c(C2CCN(C(=O)c3cnn4cc(C)cnc34)CC2)nn(C)c1=O. The van der Waals surface area contributed by atoms with E-state index >= 15 is 0 Å². The van der Waals surface area contributed by atoms with E-state index in [1.807, 2.05) is 24.9 Å². The van der Waals surface area contributed by atoms with Crippen molar-refractivity contribution in [3.63, 3.8) is 0 Å². The van der Waals surface area contributed by atoms with Crippen LogP contribution in [0.1, 0.15) is 47.4 Å². The van der Waals surface area contributed by atoms with Crippen LogP contribution in [0.4, 0.5) is 0 Å². The van der Waals surface area contributed by atoms with Crippen LogP contribution in [0.15, 0.2) is 23.4 Å². The molecule has 3 aromatic heterocycles. The Bertz CT molecular complexity index is 1050. The minimum absolute atomic E-state index is 0.0475. The summed E-state index contributed by atoms with van der Waals surface area (Å²) >= 11 is 0. The van der Waals surface area contributed by atoms with E-state index in [1.54, 1.807) is 28.5 Å². The van der Waals surface area contributed by atoms with E-state index in [4.69, 9.17) is 0 Å². The van der Waals surface area contributed by atoms with Gasteiger partial charge >= 0.3 is 5.69 Å². The Hall–Kier alpha value is -2.97. The molecule has 0 atom stereocenters. The van der Waals surface area contributed by atoms with Gasteiger partial charge in [-0.1, -0.05) is 0 Å². The van der Waals surface area contributed by atoms with Gasteiger partial charge in [0.2, 0.25) is 0 Å². The lowest BCUT2D eigenvalue weighted by atomic mass is 9.95. The molecule has 0 N–H and O–H groups in total. The molecule has 4 heterocycles. The summed E-state index contributed by atoms with van der Waals surface area (Å²) < 4.78 is 4.76. The fourth-order valence-electron chi connectivity index (χ4n) is 3.75. The van der Waals surface area contributed by atoms with Crippen LogP contribution in [0.5, 0.6) is 0 Å². The van der Waals surface area contributed by atoms with Gasteiger partial charge in [-0.05, 0) is 32.3 Å². The molecule has 0 aromatic carbocycles. The van der Waals surface area contributed by atoms with Crippen molar-refractivity contribution < 1.29 is 4.79 Å². The third-order valence-corrected chi connectivity index (χ3v) is 5.22. The number of aryl methyl sites for hydroxylation is 2. The van der Waals surface area contributed by atoms with Gasteiger partial charge in [0.25, 0.3) is 5.91 Å². The molecular weight excluding hydrogens is 346 g/mol. The molecule has 0 spiro atoms. The number of fused-ring (bicyclic) bond motifs is 1. The first kappa shape index (κ1) is 17.4. The molecule has 0 saturated carbocycles. The van der Waals surface area contributed by atoms with Gasteiger partial charge in [0.05, 0.1) is 6.20 Å². The number of hydrogen-bond donors (Lipinski definition) is 0. The second-order valence-corrected chi connectivity index (χ2v) is 7.03. The molecule has 27 heavy (non-hydrogen) atoms. The summed E-state index contributed by atoms with van der Waals surface area (Å²) in [5.74, 6) is 0.964. The van der Waals surface area contributed by atoms with Crippen LogP contribution >= 0.6 is 0 Å². The molecule has 0 aliphatic carbocycles. The van der Waals surface area contributed by atoms with Crippen LogP contribution in [-0.2, 0) is 13.6 Å². The van der Waals surface area contributed by atoms with Crippen molar-refractivity contribution in [1.29, 1.82) is 0 Å². The average Bonchev–Trinajstić information content (AvgIpc) is 3.22. The molecule has 142 valence electrons. The lowest BCUT2D eigenvalue weighted by Gasteiger charge is -2.31. The van der Waals surface area contributed by atoms with Crippen molar-refractivity contribution >= 4 is 11.6 Å². The quantitative estimate of drug-likeness (QED) is 0.686. The number of aromatic nitrogens is 6. The number of carbonyl (C=O) groups is 1. The lowest BCUT2D eigenvalue weighted by molar-refractivity contribution is 0.0712. The van der Waals surface area contributed by atoms with E-state index in [-0.39, 0.29) is 17.5 Å². The van der Waals surface area contributed by atoms with E-state index in [0.717, 1.165) is 24.2 Å². The number of carbonyl (C=O) groups excluding carboxylic acids is 1. The Morgan fingerprint density at radius 1 is 1.26 bits per heavy atom. The van der Waals surface area contributed by atoms with Crippen LogP contribution in [0.2, 0.25) is 0 Å². The maximum atomic E-state index is 12.9. The van der Waals surface area contributed by atoms with Crippen LogP contribution in [-0.4, -0.2) is 52.8 Å². The normalized spacial score (nSPS) is 15.6. The van der Waals surface area contributed by atoms with Gasteiger partial charge < -0.3 is 4.90 Å². The molecule has 9 nitrogen and oxygen atoms in total. The number of amides is 1. The van der Waals surface area contributed by atoms with Crippen molar-refractivity contribution in [2.45, 2.75) is 39.2 Å². The maximum Gasteiger partial charge on any atom is 0.345 e. The summed E-state index contributed by atoms with van der Waals surface area (Å²) in [6, 6.07) is 0. The summed E-state index contributed by atoms with van der Waals surface area (Å²) in [6.45, 7) is 5.75. The molecule has 1 aliphatic rings. The molecule has 1 aliphatic heterocycles. The Balaban J connectivity index is 1.51. The molecule has 1 amide bonds. The molecule has 1 saturated heterocycles. The molecule has 1 fully saturated rings. The highest BCUT2D eigenvalue weighted by Gasteiger charge is 2.29. The first-order chi connectivity index (χ1) is 13.0. The van der Waals surface area contributed by atoms with E-state index in [1.165, 1.54) is 4.68 Å². The standard InChI is InChI=1S/C18H23N7O2/c1-4-24-15(21-22(3)18(24)27)13-5-7-23(8-6-13)17(26)14-10-20-25-11-12(2)9-19-16(14)25/h9-11,13H,4-8H2,1-3H3. The van der Waals surface area contributed by atoms with Crippen molar-refractivity contribution in [3.8, 4) is 0 Å². The Morgan fingerprint density at radius 2 is 2.00 bits per heavy atom. The van der Waals surface area contributed by atoms with Gasteiger partial charge in [0, 0.05) is 45.0 Å². The number of hydrogen-bond acceptors (Lipinski definition) is 5. The van der Waals surface area contributed by atoms with Crippen molar-refractivity contribution in [3.05, 3.63) is 46.0 Å². The van der Waals surface area contributed by atoms with Crippen LogP contribution in [0, 0.1) is 6.92 Å². The van der Waals surface area contributed by atoms with Crippen LogP contribution in [0.25, 0.3) is 5.65 Å². The third-order valence-electron chi connectivity index (χ3n) is 5.22. The number of piperidine rings is 1. The van der Waals surface area contributed by atoms with E-state index < -0.39 is 0 Å². The topological polar surface area (TPSA) is 90.3 Å². The maximum absolute atomic E-state index is 12.9. The largest absolute Gasteiger partial charge is 0.345 e. The van der Waals surface area contributed by atoms with Crippen LogP contribution < -0.4 is 5.69 Å². The average molecular weight is 369 g/mol. The summed E-state index contributed by atoms with van der Waals surface area (Å²) in [5.41, 5.74) is 2.01. The van der Waals surface area contributed by atoms with Crippen molar-refractivity contribution in [2.75, 3.05) is 13.1 Å². The molecular formula is C18H23N7O2. The predicted octanol–water partition coefficient (Wildman–Crippen LogP) is 0.973. The molecule has 9 heteroatoms. The Morgan fingerprint density at radius 3 is 2.70 bits per heavy atom. The minimum Gasteiger partial charge on any atom is -0.338 e.